The first-order valence-corrected chi connectivity index (χ1v) is 15.7. The molecule has 2 aliphatic rings. The zero-order valence-corrected chi connectivity index (χ0v) is 26.9. The van der Waals surface area contributed by atoms with Crippen molar-refractivity contribution in [1.82, 2.24) is 0 Å². The van der Waals surface area contributed by atoms with Gasteiger partial charge in [-0.25, -0.2) is 0 Å². The van der Waals surface area contributed by atoms with E-state index in [1.54, 1.807) is 17.0 Å². The fourth-order valence-corrected chi connectivity index (χ4v) is 7.60. The van der Waals surface area contributed by atoms with Crippen LogP contribution in [0.4, 0.5) is 18.9 Å². The van der Waals surface area contributed by atoms with Crippen molar-refractivity contribution in [2.75, 3.05) is 4.90 Å². The van der Waals surface area contributed by atoms with Crippen LogP contribution < -0.4 is 10.6 Å². The first kappa shape index (κ1) is 32.0. The predicted molar refractivity (Wildman–Crippen MR) is 170 cm³/mol. The number of hydrogen-bond donors (Lipinski definition) is 1. The number of Topliss-reactive ketones (excluding diaryl/α,β-unsaturated/α-hetero) is 1. The average Bonchev–Trinajstić information content (AvgIpc) is 2.93. The molecule has 4 nitrogen and oxygen atoms in total. The molecule has 3 aromatic rings. The lowest BCUT2D eigenvalue weighted by Gasteiger charge is -2.44. The van der Waals surface area contributed by atoms with E-state index in [0.29, 0.717) is 39.2 Å². The van der Waals surface area contributed by atoms with E-state index in [1.807, 2.05) is 45.9 Å². The van der Waals surface area contributed by atoms with E-state index >= 15 is 0 Å². The summed E-state index contributed by atoms with van der Waals surface area (Å²) in [5.74, 6) is -0.163. The Morgan fingerprint density at radius 1 is 1.05 bits per heavy atom. The Kier molecular flexibility index (Phi) is 8.62. The fraction of sp³-hybridized carbons (Fsp3) is 0.294. The maximum atomic E-state index is 14.0. The van der Waals surface area contributed by atoms with Crippen LogP contribution in [0.2, 0.25) is 10.0 Å². The lowest BCUT2D eigenvalue weighted by Crippen LogP contribution is -2.42. The summed E-state index contributed by atoms with van der Waals surface area (Å²) >= 11 is 14.1. The number of hydrogen-bond acceptors (Lipinski definition) is 5. The number of rotatable bonds is 5. The van der Waals surface area contributed by atoms with Crippen molar-refractivity contribution < 1.29 is 18.0 Å². The number of nitrogens with zero attached hydrogens (tertiary/aromatic N) is 2. The molecule has 228 valence electrons. The summed E-state index contributed by atoms with van der Waals surface area (Å²) in [6.45, 7) is 7.90. The highest BCUT2D eigenvalue weighted by molar-refractivity contribution is 7.98. The first-order chi connectivity index (χ1) is 20.6. The smallest absolute Gasteiger partial charge is 0.384 e. The number of carbonyl (C=O) groups excluding carboxylic acids is 1. The van der Waals surface area contributed by atoms with E-state index in [1.165, 1.54) is 23.9 Å². The molecule has 1 unspecified atom stereocenters. The molecule has 1 atom stereocenters. The Bertz CT molecular complexity index is 1770. The standard InChI is InChI=1S/C34H30Cl2F3N3OS/c1-18-11-19(2)24(12-20(18)17-44-29-13-22(35)7-10-26(29)36)30-25(16-40)32(41)42(23-8-5-21(6-9-23)34(37,38)39)27-14-33(3,4)15-28(43)31(27)30/h5-13,30H,14-15,17,41H2,1-4H3. The summed E-state index contributed by atoms with van der Waals surface area (Å²) in [6, 6.07) is 16.2. The minimum absolute atomic E-state index is 0.100. The molecule has 1 aliphatic carbocycles. The number of alkyl halides is 3. The Balaban J connectivity index is 1.65. The minimum atomic E-state index is -4.50. The molecule has 0 spiro atoms. The lowest BCUT2D eigenvalue weighted by molar-refractivity contribution is -0.137. The lowest BCUT2D eigenvalue weighted by atomic mass is 9.68. The van der Waals surface area contributed by atoms with Crippen LogP contribution in [0.15, 0.2) is 82.2 Å². The Hall–Kier alpha value is -3.38. The minimum Gasteiger partial charge on any atom is -0.384 e. The summed E-state index contributed by atoms with van der Waals surface area (Å²) in [4.78, 5) is 16.4. The summed E-state index contributed by atoms with van der Waals surface area (Å²) < 4.78 is 40.0. The number of benzene rings is 3. The van der Waals surface area contributed by atoms with Crippen molar-refractivity contribution >= 4 is 46.4 Å². The van der Waals surface area contributed by atoms with Crippen molar-refractivity contribution in [3.8, 4) is 6.07 Å². The van der Waals surface area contributed by atoms with Crippen molar-refractivity contribution in [3.63, 3.8) is 0 Å². The van der Waals surface area contributed by atoms with Gasteiger partial charge in [0.1, 0.15) is 5.82 Å². The van der Waals surface area contributed by atoms with Crippen LogP contribution in [-0.4, -0.2) is 5.78 Å². The number of allylic oxidation sites excluding steroid dienone is 3. The molecule has 0 amide bonds. The van der Waals surface area contributed by atoms with Gasteiger partial charge < -0.3 is 5.73 Å². The number of nitrogens with two attached hydrogens (primary N) is 1. The topological polar surface area (TPSA) is 70.1 Å². The number of nitriles is 1. The molecule has 1 aliphatic heterocycles. The SMILES string of the molecule is Cc1cc(C)c(C2C(C#N)=C(N)N(c3ccc(C(F)(F)F)cc3)C3=C2C(=O)CC(C)(C)C3)cc1CSc1cc(Cl)ccc1Cl. The van der Waals surface area contributed by atoms with Gasteiger partial charge in [0.25, 0.3) is 0 Å². The molecule has 2 N–H and O–H groups in total. The average molecular weight is 657 g/mol. The summed E-state index contributed by atoms with van der Waals surface area (Å²) in [5, 5.41) is 11.7. The van der Waals surface area contributed by atoms with Gasteiger partial charge in [0.05, 0.1) is 28.1 Å². The Labute approximate surface area is 269 Å². The molecule has 0 bridgehead atoms. The predicted octanol–water partition coefficient (Wildman–Crippen LogP) is 9.86. The van der Waals surface area contributed by atoms with Crippen LogP contribution in [0, 0.1) is 30.6 Å². The number of anilines is 1. The Morgan fingerprint density at radius 3 is 2.36 bits per heavy atom. The van der Waals surface area contributed by atoms with Gasteiger partial charge in [-0.2, -0.15) is 18.4 Å². The molecule has 0 radical (unpaired) electrons. The second kappa shape index (κ2) is 11.8. The van der Waals surface area contributed by atoms with Gasteiger partial charge in [0.15, 0.2) is 5.78 Å². The molecule has 0 fully saturated rings. The molecule has 44 heavy (non-hydrogen) atoms. The van der Waals surface area contributed by atoms with Gasteiger partial charge in [-0.15, -0.1) is 11.8 Å². The maximum absolute atomic E-state index is 14.0. The zero-order chi connectivity index (χ0) is 32.1. The third-order valence-corrected chi connectivity index (χ3v) is 9.93. The molecule has 0 saturated carbocycles. The fourth-order valence-electron chi connectivity index (χ4n) is 6.04. The molecule has 3 aromatic carbocycles. The largest absolute Gasteiger partial charge is 0.416 e. The molecular weight excluding hydrogens is 626 g/mol. The number of aryl methyl sites for hydroxylation is 2. The van der Waals surface area contributed by atoms with Crippen molar-refractivity contribution in [2.45, 2.75) is 63.3 Å². The third-order valence-electron chi connectivity index (χ3n) is 8.15. The van der Waals surface area contributed by atoms with Crippen LogP contribution in [0.5, 0.6) is 0 Å². The molecular formula is C34H30Cl2F3N3OS. The second-order valence-corrected chi connectivity index (χ2v) is 13.9. The number of carbonyl (C=O) groups is 1. The number of ketones is 1. The summed E-state index contributed by atoms with van der Waals surface area (Å²) in [7, 11) is 0. The highest BCUT2D eigenvalue weighted by Gasteiger charge is 2.45. The van der Waals surface area contributed by atoms with E-state index in [0.717, 1.165) is 39.3 Å². The van der Waals surface area contributed by atoms with Gasteiger partial charge in [0, 0.05) is 39.0 Å². The quantitative estimate of drug-likeness (QED) is 0.277. The highest BCUT2D eigenvalue weighted by atomic mass is 35.5. The van der Waals surface area contributed by atoms with Gasteiger partial charge >= 0.3 is 6.18 Å². The third kappa shape index (κ3) is 6.10. The van der Waals surface area contributed by atoms with Crippen molar-refractivity contribution in [3.05, 3.63) is 115 Å². The second-order valence-electron chi connectivity index (χ2n) is 12.0. The van der Waals surface area contributed by atoms with Crippen LogP contribution in [0.1, 0.15) is 60.4 Å². The van der Waals surface area contributed by atoms with Gasteiger partial charge in [-0.1, -0.05) is 49.2 Å². The van der Waals surface area contributed by atoms with Crippen LogP contribution in [-0.2, 0) is 16.7 Å². The van der Waals surface area contributed by atoms with Crippen LogP contribution >= 0.6 is 35.0 Å². The molecule has 1 heterocycles. The van der Waals surface area contributed by atoms with E-state index in [-0.39, 0.29) is 23.6 Å². The molecule has 0 saturated heterocycles. The number of halogens is 5. The summed E-state index contributed by atoms with van der Waals surface area (Å²) in [5.41, 5.74) is 10.8. The molecule has 5 rings (SSSR count). The first-order valence-electron chi connectivity index (χ1n) is 13.9. The van der Waals surface area contributed by atoms with Crippen LogP contribution in [0.3, 0.4) is 0 Å². The van der Waals surface area contributed by atoms with E-state index in [4.69, 9.17) is 28.9 Å². The highest BCUT2D eigenvalue weighted by Crippen LogP contribution is 2.51. The maximum Gasteiger partial charge on any atom is 0.416 e. The zero-order valence-electron chi connectivity index (χ0n) is 24.6. The number of thioether (sulfide) groups is 1. The van der Waals surface area contributed by atoms with Gasteiger partial charge in [0.2, 0.25) is 0 Å². The van der Waals surface area contributed by atoms with Gasteiger partial charge in [-0.3, -0.25) is 9.69 Å². The van der Waals surface area contributed by atoms with Crippen molar-refractivity contribution in [2.24, 2.45) is 11.1 Å². The summed E-state index contributed by atoms with van der Waals surface area (Å²) in [6.07, 6.45) is -3.79. The molecule has 0 aromatic heterocycles. The molecule has 10 heteroatoms. The van der Waals surface area contributed by atoms with E-state index < -0.39 is 23.1 Å². The van der Waals surface area contributed by atoms with E-state index in [9.17, 15) is 23.2 Å². The van der Waals surface area contributed by atoms with E-state index in [2.05, 4.69) is 6.07 Å². The van der Waals surface area contributed by atoms with Crippen LogP contribution in [0.25, 0.3) is 0 Å². The van der Waals surface area contributed by atoms with Gasteiger partial charge in [-0.05, 0) is 90.4 Å². The van der Waals surface area contributed by atoms with Crippen molar-refractivity contribution in [1.29, 1.82) is 5.26 Å². The Morgan fingerprint density at radius 2 is 1.73 bits per heavy atom. The monoisotopic (exact) mass is 655 g/mol. The normalized spacial score (nSPS) is 18.4.